The Hall–Kier alpha value is -0.260. The van der Waals surface area contributed by atoms with E-state index < -0.39 is 0 Å². The Morgan fingerprint density at radius 1 is 0.952 bits per heavy atom. The number of rotatable bonds is 1. The Labute approximate surface area is 131 Å². The molecule has 0 bridgehead atoms. The Morgan fingerprint density at radius 3 is 2.62 bits per heavy atom. The van der Waals surface area contributed by atoms with Crippen LogP contribution < -0.4 is 0 Å². The highest BCUT2D eigenvalue weighted by atomic mass is 14.6. The topological polar surface area (TPSA) is 0 Å². The summed E-state index contributed by atoms with van der Waals surface area (Å²) in [5.41, 5.74) is 5.24. The molecular weight excluding hydrogens is 252 g/mol. The van der Waals surface area contributed by atoms with Gasteiger partial charge < -0.3 is 0 Å². The number of hydrogen-bond donors (Lipinski definition) is 0. The van der Waals surface area contributed by atoms with E-state index in [-0.39, 0.29) is 0 Å². The lowest BCUT2D eigenvalue weighted by Crippen LogP contribution is -2.43. The second-order valence-corrected chi connectivity index (χ2v) is 9.14. The maximum absolute atomic E-state index is 2.65. The summed E-state index contributed by atoms with van der Waals surface area (Å²) in [6, 6.07) is 0. The van der Waals surface area contributed by atoms with Gasteiger partial charge in [-0.1, -0.05) is 51.2 Å². The molecule has 118 valence electrons. The van der Waals surface area contributed by atoms with Crippen LogP contribution in [-0.4, -0.2) is 0 Å². The zero-order valence-electron chi connectivity index (χ0n) is 14.5. The smallest absolute Gasteiger partial charge is 0.00852 e. The van der Waals surface area contributed by atoms with Crippen LogP contribution >= 0.6 is 0 Å². The van der Waals surface area contributed by atoms with E-state index in [1.807, 2.05) is 11.1 Å². The maximum Gasteiger partial charge on any atom is -0.00852 e. The summed E-state index contributed by atoms with van der Waals surface area (Å²) < 4.78 is 0. The minimum absolute atomic E-state index is 0.609. The molecule has 5 atom stereocenters. The Balaban J connectivity index is 1.73. The van der Waals surface area contributed by atoms with Crippen molar-refractivity contribution in [1.82, 2.24) is 0 Å². The first-order chi connectivity index (χ1) is 10.1. The fourth-order valence-corrected chi connectivity index (χ4v) is 7.27. The fourth-order valence-electron chi connectivity index (χ4n) is 7.27. The van der Waals surface area contributed by atoms with Gasteiger partial charge in [-0.2, -0.15) is 0 Å². The molecule has 0 saturated heterocycles. The molecule has 5 unspecified atom stereocenters. The van der Waals surface area contributed by atoms with Crippen molar-refractivity contribution in [3.63, 3.8) is 0 Å². The van der Waals surface area contributed by atoms with Crippen LogP contribution in [0.2, 0.25) is 0 Å². The van der Waals surface area contributed by atoms with Gasteiger partial charge in [0.05, 0.1) is 0 Å². The molecule has 0 amide bonds. The molecular formula is C21H34. The Kier molecular flexibility index (Phi) is 3.32. The summed E-state index contributed by atoms with van der Waals surface area (Å²) in [6.45, 7) is 7.74. The molecule has 0 aliphatic heterocycles. The van der Waals surface area contributed by atoms with E-state index in [2.05, 4.69) is 20.8 Å². The molecule has 21 heavy (non-hydrogen) atoms. The quantitative estimate of drug-likeness (QED) is 0.482. The van der Waals surface area contributed by atoms with Gasteiger partial charge >= 0.3 is 0 Å². The third-order valence-corrected chi connectivity index (χ3v) is 8.60. The molecule has 2 saturated carbocycles. The summed E-state index contributed by atoms with van der Waals surface area (Å²) in [5.74, 6) is 3.00. The van der Waals surface area contributed by atoms with Crippen LogP contribution in [0.1, 0.15) is 91.4 Å². The molecule has 4 aliphatic carbocycles. The van der Waals surface area contributed by atoms with E-state index in [4.69, 9.17) is 0 Å². The van der Waals surface area contributed by atoms with Crippen molar-refractivity contribution in [3.8, 4) is 0 Å². The van der Waals surface area contributed by atoms with Gasteiger partial charge in [-0.15, -0.1) is 0 Å². The third-order valence-electron chi connectivity index (χ3n) is 8.60. The van der Waals surface area contributed by atoms with E-state index in [0.29, 0.717) is 10.8 Å². The molecule has 2 fully saturated rings. The van der Waals surface area contributed by atoms with Crippen LogP contribution in [0.4, 0.5) is 0 Å². The summed E-state index contributed by atoms with van der Waals surface area (Å²) in [6.07, 6.45) is 16.4. The van der Waals surface area contributed by atoms with Gasteiger partial charge in [0.1, 0.15) is 0 Å². The average Bonchev–Trinajstić information content (AvgIpc) is 2.83. The maximum atomic E-state index is 2.65. The van der Waals surface area contributed by atoms with Gasteiger partial charge in [0.2, 0.25) is 0 Å². The first kappa shape index (κ1) is 14.3. The van der Waals surface area contributed by atoms with Gasteiger partial charge in [0.25, 0.3) is 0 Å². The third kappa shape index (κ3) is 1.86. The second-order valence-electron chi connectivity index (χ2n) is 9.14. The second kappa shape index (κ2) is 4.87. The van der Waals surface area contributed by atoms with Crippen molar-refractivity contribution >= 4 is 0 Å². The van der Waals surface area contributed by atoms with Crippen molar-refractivity contribution < 1.29 is 0 Å². The van der Waals surface area contributed by atoms with Gasteiger partial charge in [-0.05, 0) is 80.0 Å². The van der Waals surface area contributed by atoms with E-state index in [9.17, 15) is 0 Å². The zero-order valence-corrected chi connectivity index (χ0v) is 14.5. The molecule has 0 N–H and O–H groups in total. The molecule has 4 aliphatic rings. The van der Waals surface area contributed by atoms with Crippen LogP contribution in [-0.2, 0) is 0 Å². The van der Waals surface area contributed by atoms with Crippen molar-refractivity contribution in [1.29, 1.82) is 0 Å². The molecule has 0 heterocycles. The van der Waals surface area contributed by atoms with Crippen molar-refractivity contribution in [2.45, 2.75) is 91.4 Å². The van der Waals surface area contributed by atoms with Gasteiger partial charge in [-0.25, -0.2) is 0 Å². The summed E-state index contributed by atoms with van der Waals surface area (Å²) in [7, 11) is 0. The summed E-state index contributed by atoms with van der Waals surface area (Å²) in [5, 5.41) is 0. The first-order valence-corrected chi connectivity index (χ1v) is 9.82. The van der Waals surface area contributed by atoms with E-state index in [0.717, 1.165) is 17.8 Å². The van der Waals surface area contributed by atoms with E-state index in [1.54, 1.807) is 0 Å². The first-order valence-electron chi connectivity index (χ1n) is 9.82. The Bertz CT molecular complexity index is 459. The fraction of sp³-hybridized carbons (Fsp3) is 0.905. The molecule has 0 radical (unpaired) electrons. The minimum atomic E-state index is 0.609. The number of allylic oxidation sites excluding steroid dienone is 2. The standard InChI is InChI=1S/C21H34/c1-4-15-9-11-18-17-10-8-16-7-5-6-13-20(16,2)19(17)12-14-21(15,18)3/h15-16,18H,4-14H2,1-3H3. The lowest BCUT2D eigenvalue weighted by atomic mass is 9.51. The molecule has 0 nitrogen and oxygen atoms in total. The highest BCUT2D eigenvalue weighted by Gasteiger charge is 2.53. The van der Waals surface area contributed by atoms with Gasteiger partial charge in [-0.3, -0.25) is 0 Å². The van der Waals surface area contributed by atoms with Gasteiger partial charge in [0, 0.05) is 0 Å². The van der Waals surface area contributed by atoms with Crippen LogP contribution in [0.5, 0.6) is 0 Å². The van der Waals surface area contributed by atoms with Crippen LogP contribution in [0, 0.1) is 28.6 Å². The van der Waals surface area contributed by atoms with Crippen LogP contribution in [0.25, 0.3) is 0 Å². The average molecular weight is 287 g/mol. The summed E-state index contributed by atoms with van der Waals surface area (Å²) in [4.78, 5) is 0. The highest BCUT2D eigenvalue weighted by molar-refractivity contribution is 5.34. The zero-order chi connectivity index (χ0) is 14.7. The molecule has 0 heteroatoms. The van der Waals surface area contributed by atoms with Crippen molar-refractivity contribution in [3.05, 3.63) is 11.1 Å². The monoisotopic (exact) mass is 286 g/mol. The molecule has 4 rings (SSSR count). The minimum Gasteiger partial charge on any atom is -0.0668 e. The lowest BCUT2D eigenvalue weighted by molar-refractivity contribution is 0.0826. The van der Waals surface area contributed by atoms with E-state index in [1.165, 1.54) is 70.6 Å². The predicted octanol–water partition coefficient (Wildman–Crippen LogP) is 6.51. The SMILES string of the molecule is CCC1CCC2C3=C(CCC12C)C1(C)CCCCC1CC3. The highest BCUT2D eigenvalue weighted by Crippen LogP contribution is 2.65. The Morgan fingerprint density at radius 2 is 1.81 bits per heavy atom. The normalized spacial score (nSPS) is 49.6. The number of fused-ring (bicyclic) bond motifs is 4. The summed E-state index contributed by atoms with van der Waals surface area (Å²) >= 11 is 0. The van der Waals surface area contributed by atoms with E-state index >= 15 is 0 Å². The molecule has 0 spiro atoms. The largest absolute Gasteiger partial charge is 0.0668 e. The number of hydrogen-bond acceptors (Lipinski definition) is 0. The predicted molar refractivity (Wildman–Crippen MR) is 90.2 cm³/mol. The van der Waals surface area contributed by atoms with Crippen molar-refractivity contribution in [2.75, 3.05) is 0 Å². The van der Waals surface area contributed by atoms with Crippen molar-refractivity contribution in [2.24, 2.45) is 28.6 Å². The molecule has 0 aromatic carbocycles. The van der Waals surface area contributed by atoms with Crippen LogP contribution in [0.3, 0.4) is 0 Å². The molecule has 0 aromatic rings. The van der Waals surface area contributed by atoms with Crippen LogP contribution in [0.15, 0.2) is 11.1 Å². The van der Waals surface area contributed by atoms with Gasteiger partial charge in [0.15, 0.2) is 0 Å². The lowest BCUT2D eigenvalue weighted by Gasteiger charge is -2.54. The molecule has 0 aromatic heterocycles.